The van der Waals surface area contributed by atoms with Gasteiger partial charge in [-0.2, -0.15) is 0 Å². The Morgan fingerprint density at radius 1 is 0.889 bits per heavy atom. The maximum Gasteiger partial charge on any atom is 0.213 e. The van der Waals surface area contributed by atoms with Crippen molar-refractivity contribution in [2.45, 2.75) is 24.6 Å². The zero-order chi connectivity index (χ0) is 13.8. The number of hydrogen-bond donors (Lipinski definition) is 0. The molecule has 0 saturated carbocycles. The summed E-state index contributed by atoms with van der Waals surface area (Å²) in [7, 11) is 7.94. The Morgan fingerprint density at radius 2 is 1.44 bits per heavy atom. The van der Waals surface area contributed by atoms with Crippen molar-refractivity contribution >= 4 is 0 Å². The minimum Gasteiger partial charge on any atom is -0.377 e. The number of rotatable bonds is 6. The fourth-order valence-corrected chi connectivity index (χ4v) is 2.01. The van der Waals surface area contributed by atoms with Gasteiger partial charge in [0.2, 0.25) is 11.6 Å². The highest BCUT2D eigenvalue weighted by Gasteiger charge is 2.42. The molecule has 0 radical (unpaired) electrons. The van der Waals surface area contributed by atoms with E-state index in [1.165, 1.54) is 0 Å². The lowest BCUT2D eigenvalue weighted by Crippen LogP contribution is -2.45. The zero-order valence-electron chi connectivity index (χ0n) is 11.9. The van der Waals surface area contributed by atoms with E-state index in [-0.39, 0.29) is 6.10 Å². The van der Waals surface area contributed by atoms with Gasteiger partial charge in [-0.05, 0) is 25.2 Å². The molecule has 104 valence electrons. The predicted molar refractivity (Wildman–Crippen MR) is 67.2 cm³/mol. The van der Waals surface area contributed by atoms with Gasteiger partial charge in [0, 0.05) is 41.1 Å². The topological polar surface area (TPSA) is 46.2 Å². The predicted octanol–water partition coefficient (Wildman–Crippen LogP) is 1.50. The highest BCUT2D eigenvalue weighted by molar-refractivity contribution is 5.35. The molecule has 0 aromatic heterocycles. The van der Waals surface area contributed by atoms with Crippen LogP contribution in [0.3, 0.4) is 0 Å². The quantitative estimate of drug-likeness (QED) is 0.533. The van der Waals surface area contributed by atoms with Crippen molar-refractivity contribution in [1.29, 1.82) is 0 Å². The molecule has 0 aliphatic heterocycles. The molecule has 5 heteroatoms. The van der Waals surface area contributed by atoms with Crippen LogP contribution in [0, 0.1) is 0 Å². The van der Waals surface area contributed by atoms with Crippen LogP contribution in [0.5, 0.6) is 0 Å². The van der Waals surface area contributed by atoms with Crippen molar-refractivity contribution in [3.05, 3.63) is 23.8 Å². The van der Waals surface area contributed by atoms with E-state index >= 15 is 0 Å². The summed E-state index contributed by atoms with van der Waals surface area (Å²) in [5, 5.41) is 0. The van der Waals surface area contributed by atoms with E-state index in [2.05, 4.69) is 0 Å². The summed E-state index contributed by atoms with van der Waals surface area (Å²) >= 11 is 0. The van der Waals surface area contributed by atoms with Crippen LogP contribution in [0.15, 0.2) is 23.8 Å². The Balaban J connectivity index is 3.25. The maximum absolute atomic E-state index is 5.48. The first-order chi connectivity index (χ1) is 8.53. The first-order valence-electron chi connectivity index (χ1n) is 5.70. The summed E-state index contributed by atoms with van der Waals surface area (Å²) in [6.45, 7) is 1.91. The second kappa shape index (κ2) is 5.95. The fraction of sp³-hybridized carbons (Fsp3) is 0.692. The van der Waals surface area contributed by atoms with Crippen molar-refractivity contribution in [1.82, 2.24) is 0 Å². The van der Waals surface area contributed by atoms with Crippen LogP contribution in [0.25, 0.3) is 0 Å². The number of ether oxygens (including phenoxy) is 5. The normalized spacial score (nSPS) is 22.7. The van der Waals surface area contributed by atoms with Crippen molar-refractivity contribution in [2.75, 3.05) is 35.5 Å². The highest BCUT2D eigenvalue weighted by atomic mass is 16.7. The van der Waals surface area contributed by atoms with Gasteiger partial charge < -0.3 is 23.7 Å². The van der Waals surface area contributed by atoms with Crippen molar-refractivity contribution in [2.24, 2.45) is 0 Å². The average Bonchev–Trinajstić information content (AvgIpc) is 2.45. The minimum absolute atomic E-state index is 0.195. The van der Waals surface area contributed by atoms with Gasteiger partial charge in [0.15, 0.2) is 0 Å². The van der Waals surface area contributed by atoms with Crippen LogP contribution in [-0.2, 0) is 23.7 Å². The first kappa shape index (κ1) is 15.3. The van der Waals surface area contributed by atoms with Gasteiger partial charge in [-0.15, -0.1) is 0 Å². The molecule has 1 rings (SSSR count). The molecule has 0 N–H and O–H groups in total. The highest BCUT2D eigenvalue weighted by Crippen LogP contribution is 2.36. The molecule has 0 fully saturated rings. The van der Waals surface area contributed by atoms with Crippen molar-refractivity contribution in [3.63, 3.8) is 0 Å². The number of methoxy groups -OCH3 is 5. The molecule has 18 heavy (non-hydrogen) atoms. The van der Waals surface area contributed by atoms with Crippen LogP contribution >= 0.6 is 0 Å². The Bertz CT molecular complexity index is 326. The van der Waals surface area contributed by atoms with E-state index in [0.717, 1.165) is 5.57 Å². The third kappa shape index (κ3) is 2.50. The van der Waals surface area contributed by atoms with E-state index in [4.69, 9.17) is 23.7 Å². The Kier molecular flexibility index (Phi) is 5.07. The van der Waals surface area contributed by atoms with Crippen LogP contribution < -0.4 is 0 Å². The molecule has 1 aliphatic carbocycles. The lowest BCUT2D eigenvalue weighted by molar-refractivity contribution is -0.173. The molecule has 0 heterocycles. The molecule has 0 aromatic rings. The van der Waals surface area contributed by atoms with E-state index in [0.29, 0.717) is 0 Å². The lowest BCUT2D eigenvalue weighted by Gasteiger charge is -2.39. The minimum atomic E-state index is -0.948. The molecular formula is C13H22O5. The molecule has 0 amide bonds. The largest absolute Gasteiger partial charge is 0.377 e. The van der Waals surface area contributed by atoms with Gasteiger partial charge in [-0.25, -0.2) is 0 Å². The van der Waals surface area contributed by atoms with Gasteiger partial charge >= 0.3 is 0 Å². The summed E-state index contributed by atoms with van der Waals surface area (Å²) in [5.74, 6) is -1.86. The van der Waals surface area contributed by atoms with Gasteiger partial charge in [-0.3, -0.25) is 0 Å². The van der Waals surface area contributed by atoms with Gasteiger partial charge in [0.1, 0.15) is 0 Å². The van der Waals surface area contributed by atoms with E-state index in [9.17, 15) is 0 Å². The molecule has 1 unspecified atom stereocenters. The first-order valence-corrected chi connectivity index (χ1v) is 5.70. The van der Waals surface area contributed by atoms with Crippen molar-refractivity contribution in [3.8, 4) is 0 Å². The second-order valence-electron chi connectivity index (χ2n) is 4.02. The zero-order valence-corrected chi connectivity index (χ0v) is 11.9. The van der Waals surface area contributed by atoms with Gasteiger partial charge in [0.05, 0.1) is 6.10 Å². The molecule has 0 spiro atoms. The molecule has 0 bridgehead atoms. The number of hydrogen-bond acceptors (Lipinski definition) is 5. The smallest absolute Gasteiger partial charge is 0.213 e. The molecule has 1 atom stereocenters. The molecule has 0 saturated heterocycles. The third-order valence-electron chi connectivity index (χ3n) is 3.33. The molecule has 0 aromatic carbocycles. The third-order valence-corrected chi connectivity index (χ3v) is 3.33. The van der Waals surface area contributed by atoms with E-state index < -0.39 is 11.6 Å². The summed E-state index contributed by atoms with van der Waals surface area (Å²) in [6.07, 6.45) is 5.14. The SMILES string of the molecule is COC(C)C1=CC(OC)(OC)C=CC1(OC)OC. The van der Waals surface area contributed by atoms with Crippen LogP contribution in [0.4, 0.5) is 0 Å². The van der Waals surface area contributed by atoms with Crippen LogP contribution in [-0.4, -0.2) is 53.2 Å². The lowest BCUT2D eigenvalue weighted by atomic mass is 9.91. The van der Waals surface area contributed by atoms with Crippen LogP contribution in [0.2, 0.25) is 0 Å². The monoisotopic (exact) mass is 258 g/mol. The molecule has 1 aliphatic rings. The fourth-order valence-electron chi connectivity index (χ4n) is 2.01. The summed E-state index contributed by atoms with van der Waals surface area (Å²) in [5.41, 5.74) is 0.793. The molecular weight excluding hydrogens is 236 g/mol. The summed E-state index contributed by atoms with van der Waals surface area (Å²) in [4.78, 5) is 0. The van der Waals surface area contributed by atoms with E-state index in [1.807, 2.05) is 13.0 Å². The standard InChI is InChI=1S/C13H22O5/c1-10(14-2)11-9-12(15-3,16-4)7-8-13(11,17-5)18-6/h7-10H,1-6H3. The van der Waals surface area contributed by atoms with E-state index in [1.54, 1.807) is 47.7 Å². The Labute approximate surface area is 108 Å². The molecule has 5 nitrogen and oxygen atoms in total. The average molecular weight is 258 g/mol. The second-order valence-corrected chi connectivity index (χ2v) is 4.02. The van der Waals surface area contributed by atoms with Crippen LogP contribution in [0.1, 0.15) is 6.92 Å². The Hall–Kier alpha value is -0.720. The van der Waals surface area contributed by atoms with Gasteiger partial charge in [0.25, 0.3) is 0 Å². The summed E-state index contributed by atoms with van der Waals surface area (Å²) < 4.78 is 27.1. The van der Waals surface area contributed by atoms with Gasteiger partial charge in [-0.1, -0.05) is 0 Å². The summed E-state index contributed by atoms with van der Waals surface area (Å²) in [6, 6.07) is 0. The van der Waals surface area contributed by atoms with Crippen molar-refractivity contribution < 1.29 is 23.7 Å². The Morgan fingerprint density at radius 3 is 1.83 bits per heavy atom. The maximum atomic E-state index is 5.48.